The van der Waals surface area contributed by atoms with E-state index in [1.807, 2.05) is 6.92 Å². The maximum Gasteiger partial charge on any atom is 0.329 e. The van der Waals surface area contributed by atoms with E-state index in [0.717, 1.165) is 5.69 Å². The topological polar surface area (TPSA) is 111 Å². The van der Waals surface area contributed by atoms with Crippen molar-refractivity contribution in [3.8, 4) is 11.5 Å². The first kappa shape index (κ1) is 13.1. The number of hydrogen-bond donors (Lipinski definition) is 1. The summed E-state index contributed by atoms with van der Waals surface area (Å²) < 4.78 is 10.2. The third-order valence-electron chi connectivity index (χ3n) is 2.25. The van der Waals surface area contributed by atoms with E-state index in [9.17, 15) is 4.79 Å². The number of aryl methyl sites for hydroxylation is 2. The van der Waals surface area contributed by atoms with Gasteiger partial charge < -0.3 is 14.3 Å². The minimum atomic E-state index is -1.05. The van der Waals surface area contributed by atoms with E-state index >= 15 is 0 Å². The van der Waals surface area contributed by atoms with Crippen LogP contribution in [-0.4, -0.2) is 38.1 Å². The van der Waals surface area contributed by atoms with Gasteiger partial charge in [0.2, 0.25) is 11.8 Å². The van der Waals surface area contributed by atoms with Gasteiger partial charge >= 0.3 is 5.97 Å². The summed E-state index contributed by atoms with van der Waals surface area (Å²) in [6.07, 6.45) is 0. The SMILES string of the molecule is Cc1cc(-c2nnc(COCC(=O)O)o2)c(C)nn1. The number of nitrogens with zero attached hydrogens (tertiary/aromatic N) is 4. The quantitative estimate of drug-likeness (QED) is 0.841. The Morgan fingerprint density at radius 2 is 2.11 bits per heavy atom. The molecule has 0 saturated carbocycles. The molecule has 0 aliphatic heterocycles. The van der Waals surface area contributed by atoms with Gasteiger partial charge in [0.15, 0.2) is 0 Å². The highest BCUT2D eigenvalue weighted by Gasteiger charge is 2.13. The van der Waals surface area contributed by atoms with Gasteiger partial charge in [-0.2, -0.15) is 10.2 Å². The van der Waals surface area contributed by atoms with Gasteiger partial charge in [0, 0.05) is 0 Å². The lowest BCUT2D eigenvalue weighted by atomic mass is 10.2. The zero-order valence-corrected chi connectivity index (χ0v) is 10.5. The average molecular weight is 264 g/mol. The van der Waals surface area contributed by atoms with E-state index in [4.69, 9.17) is 14.3 Å². The first-order valence-corrected chi connectivity index (χ1v) is 5.49. The van der Waals surface area contributed by atoms with Gasteiger partial charge in [-0.25, -0.2) is 4.79 Å². The van der Waals surface area contributed by atoms with Gasteiger partial charge in [-0.3, -0.25) is 0 Å². The molecule has 0 bridgehead atoms. The number of aromatic nitrogens is 4. The smallest absolute Gasteiger partial charge is 0.329 e. The molecule has 2 aromatic heterocycles. The lowest BCUT2D eigenvalue weighted by Crippen LogP contribution is -2.06. The molecule has 2 aromatic rings. The monoisotopic (exact) mass is 264 g/mol. The van der Waals surface area contributed by atoms with Crippen molar-refractivity contribution in [1.29, 1.82) is 0 Å². The fourth-order valence-corrected chi connectivity index (χ4v) is 1.41. The number of aliphatic carboxylic acids is 1. The van der Waals surface area contributed by atoms with Crippen LogP contribution in [0.1, 0.15) is 17.3 Å². The van der Waals surface area contributed by atoms with Gasteiger partial charge in [0.05, 0.1) is 17.0 Å². The molecule has 0 spiro atoms. The second-order valence-electron chi connectivity index (χ2n) is 3.87. The Balaban J connectivity index is 2.12. The minimum Gasteiger partial charge on any atom is -0.480 e. The summed E-state index contributed by atoms with van der Waals surface area (Å²) in [7, 11) is 0. The second-order valence-corrected chi connectivity index (χ2v) is 3.87. The fourth-order valence-electron chi connectivity index (χ4n) is 1.41. The van der Waals surface area contributed by atoms with Crippen LogP contribution in [0.15, 0.2) is 10.5 Å². The maximum atomic E-state index is 10.3. The molecule has 0 atom stereocenters. The molecular formula is C11H12N4O4. The number of ether oxygens (including phenoxy) is 1. The van der Waals surface area contributed by atoms with Crippen LogP contribution in [0.25, 0.3) is 11.5 Å². The van der Waals surface area contributed by atoms with Crippen molar-refractivity contribution in [2.45, 2.75) is 20.5 Å². The van der Waals surface area contributed by atoms with E-state index in [0.29, 0.717) is 17.1 Å². The molecule has 0 aliphatic rings. The Morgan fingerprint density at radius 1 is 1.32 bits per heavy atom. The van der Waals surface area contributed by atoms with Crippen LogP contribution in [0.4, 0.5) is 0 Å². The molecule has 0 fully saturated rings. The summed E-state index contributed by atoms with van der Waals surface area (Å²) in [5, 5.41) is 24.0. The first-order chi connectivity index (χ1) is 9.06. The molecule has 0 unspecified atom stereocenters. The van der Waals surface area contributed by atoms with Crippen LogP contribution in [-0.2, 0) is 16.1 Å². The summed E-state index contributed by atoms with van der Waals surface area (Å²) in [5.74, 6) is -0.529. The van der Waals surface area contributed by atoms with Crippen molar-refractivity contribution >= 4 is 5.97 Å². The van der Waals surface area contributed by atoms with E-state index < -0.39 is 12.6 Å². The Labute approximate surface area is 108 Å². The average Bonchev–Trinajstić information content (AvgIpc) is 2.80. The number of carboxylic acid groups (broad SMARTS) is 1. The summed E-state index contributed by atoms with van der Waals surface area (Å²) in [4.78, 5) is 10.3. The van der Waals surface area contributed by atoms with E-state index in [2.05, 4.69) is 20.4 Å². The highest BCUT2D eigenvalue weighted by atomic mass is 16.5. The number of carbonyl (C=O) groups is 1. The molecule has 100 valence electrons. The number of hydrogen-bond acceptors (Lipinski definition) is 7. The summed E-state index contributed by atoms with van der Waals surface area (Å²) in [6, 6.07) is 1.79. The van der Waals surface area contributed by atoms with E-state index in [-0.39, 0.29) is 12.5 Å². The highest BCUT2D eigenvalue weighted by Crippen LogP contribution is 2.20. The normalized spacial score (nSPS) is 10.6. The van der Waals surface area contributed by atoms with Gasteiger partial charge in [0.1, 0.15) is 13.2 Å². The molecule has 0 aromatic carbocycles. The van der Waals surface area contributed by atoms with Crippen LogP contribution >= 0.6 is 0 Å². The van der Waals surface area contributed by atoms with Crippen molar-refractivity contribution in [2.24, 2.45) is 0 Å². The molecule has 8 nitrogen and oxygen atoms in total. The van der Waals surface area contributed by atoms with Crippen molar-refractivity contribution in [1.82, 2.24) is 20.4 Å². The molecule has 0 saturated heterocycles. The van der Waals surface area contributed by atoms with Crippen molar-refractivity contribution in [2.75, 3.05) is 6.61 Å². The first-order valence-electron chi connectivity index (χ1n) is 5.49. The summed E-state index contributed by atoms with van der Waals surface area (Å²) >= 11 is 0. The third-order valence-corrected chi connectivity index (χ3v) is 2.25. The van der Waals surface area contributed by atoms with Crippen LogP contribution in [0.5, 0.6) is 0 Å². The van der Waals surface area contributed by atoms with Crippen LogP contribution in [0.2, 0.25) is 0 Å². The molecule has 0 amide bonds. The molecule has 2 heterocycles. The molecule has 8 heteroatoms. The van der Waals surface area contributed by atoms with Crippen molar-refractivity contribution < 1.29 is 19.1 Å². The van der Waals surface area contributed by atoms with Gasteiger partial charge in [-0.15, -0.1) is 10.2 Å². The molecule has 0 aliphatic carbocycles. The Hall–Kier alpha value is -2.35. The van der Waals surface area contributed by atoms with Crippen LogP contribution in [0.3, 0.4) is 0 Å². The lowest BCUT2D eigenvalue weighted by Gasteiger charge is -1.99. The van der Waals surface area contributed by atoms with E-state index in [1.54, 1.807) is 13.0 Å². The molecular weight excluding hydrogens is 252 g/mol. The maximum absolute atomic E-state index is 10.3. The molecule has 1 N–H and O–H groups in total. The van der Waals surface area contributed by atoms with Crippen LogP contribution in [0, 0.1) is 13.8 Å². The standard InChI is InChI=1S/C11H12N4O4/c1-6-3-8(7(2)13-12-6)11-15-14-9(19-11)4-18-5-10(16)17/h3H,4-5H2,1-2H3,(H,16,17). The van der Waals surface area contributed by atoms with Crippen molar-refractivity contribution in [3.05, 3.63) is 23.3 Å². The summed E-state index contributed by atoms with van der Waals surface area (Å²) in [5.41, 5.74) is 2.11. The predicted octanol–water partition coefficient (Wildman–Crippen LogP) is 0.745. The highest BCUT2D eigenvalue weighted by molar-refractivity contribution is 5.67. The Bertz CT molecular complexity index is 596. The molecule has 19 heavy (non-hydrogen) atoms. The molecule has 0 radical (unpaired) electrons. The molecule has 2 rings (SSSR count). The number of carboxylic acids is 1. The van der Waals surface area contributed by atoms with Gasteiger partial charge in [-0.05, 0) is 19.9 Å². The lowest BCUT2D eigenvalue weighted by molar-refractivity contribution is -0.142. The Morgan fingerprint density at radius 3 is 2.84 bits per heavy atom. The predicted molar refractivity (Wildman–Crippen MR) is 62.1 cm³/mol. The fraction of sp³-hybridized carbons (Fsp3) is 0.364. The second kappa shape index (κ2) is 5.53. The Kier molecular flexibility index (Phi) is 3.81. The zero-order chi connectivity index (χ0) is 13.8. The van der Waals surface area contributed by atoms with Gasteiger partial charge in [0.25, 0.3) is 0 Å². The van der Waals surface area contributed by atoms with E-state index in [1.165, 1.54) is 0 Å². The van der Waals surface area contributed by atoms with Crippen molar-refractivity contribution in [3.63, 3.8) is 0 Å². The van der Waals surface area contributed by atoms with Gasteiger partial charge in [-0.1, -0.05) is 0 Å². The number of rotatable bonds is 5. The van der Waals surface area contributed by atoms with Crippen LogP contribution < -0.4 is 0 Å². The third kappa shape index (κ3) is 3.32. The summed E-state index contributed by atoms with van der Waals surface area (Å²) in [6.45, 7) is 3.14. The zero-order valence-electron chi connectivity index (χ0n) is 10.5. The largest absolute Gasteiger partial charge is 0.480 e. The minimum absolute atomic E-state index is 0.0458.